The zero-order chi connectivity index (χ0) is 22.5. The van der Waals surface area contributed by atoms with E-state index < -0.39 is 5.97 Å². The average molecular weight is 429 g/mol. The van der Waals surface area contributed by atoms with Crippen LogP contribution >= 0.6 is 0 Å². The molecular formula is C27H28N2O3. The van der Waals surface area contributed by atoms with Gasteiger partial charge in [-0.1, -0.05) is 68.3 Å². The van der Waals surface area contributed by atoms with E-state index in [0.29, 0.717) is 25.2 Å². The van der Waals surface area contributed by atoms with E-state index in [1.165, 1.54) is 0 Å². The first-order valence-corrected chi connectivity index (χ1v) is 11.2. The lowest BCUT2D eigenvalue weighted by Gasteiger charge is -2.41. The molecule has 0 saturated heterocycles. The number of carboxylic acid groups (broad SMARTS) is 1. The van der Waals surface area contributed by atoms with Crippen LogP contribution in [0.15, 0.2) is 66.7 Å². The van der Waals surface area contributed by atoms with E-state index in [1.54, 1.807) is 12.1 Å². The highest BCUT2D eigenvalue weighted by Gasteiger charge is 2.34. The number of carbonyl (C=O) groups is 2. The van der Waals surface area contributed by atoms with Crippen LogP contribution in [-0.4, -0.2) is 23.4 Å². The van der Waals surface area contributed by atoms with Crippen molar-refractivity contribution in [1.82, 2.24) is 5.32 Å². The van der Waals surface area contributed by atoms with Gasteiger partial charge in [-0.3, -0.25) is 4.79 Å². The molecule has 0 fully saturated rings. The number of carbonyl (C=O) groups excluding carboxylic acids is 1. The van der Waals surface area contributed by atoms with Gasteiger partial charge in [0.1, 0.15) is 5.78 Å². The van der Waals surface area contributed by atoms with E-state index in [0.717, 1.165) is 47.3 Å². The van der Waals surface area contributed by atoms with Crippen LogP contribution in [0.1, 0.15) is 48.5 Å². The lowest BCUT2D eigenvalue weighted by molar-refractivity contribution is -0.118. The largest absolute Gasteiger partial charge is 0.478 e. The molecule has 0 saturated carbocycles. The normalized spacial score (nSPS) is 11.8. The van der Waals surface area contributed by atoms with E-state index in [1.807, 2.05) is 41.3 Å². The summed E-state index contributed by atoms with van der Waals surface area (Å²) in [6.45, 7) is 3.05. The summed E-state index contributed by atoms with van der Waals surface area (Å²) in [7, 11) is 0. The van der Waals surface area contributed by atoms with Gasteiger partial charge < -0.3 is 15.3 Å². The predicted octanol–water partition coefficient (Wildman–Crippen LogP) is 6.07. The summed E-state index contributed by atoms with van der Waals surface area (Å²) in [6.07, 6.45) is 3.74. The summed E-state index contributed by atoms with van der Waals surface area (Å²) < 4.78 is 0. The standard InChI is InChI=1S/C27H28N2O3/c1-2-3-5-12-20(30)17-28-18-23-25-16-15-21(19-10-6-4-7-11-19)26(23)29(25)24-14-9-8-13-22(24)27(31)32/h4,6-11,13-16,28H,2-3,5,12,17-18H2,1H3,(H,31,32). The molecule has 0 unspecified atom stereocenters. The van der Waals surface area contributed by atoms with Gasteiger partial charge in [-0.15, -0.1) is 0 Å². The molecule has 3 aromatic carbocycles. The third-order valence-corrected chi connectivity index (χ3v) is 5.87. The summed E-state index contributed by atoms with van der Waals surface area (Å²) >= 11 is 0. The number of nitrogens with zero attached hydrogens (tertiary/aromatic N) is 1. The van der Waals surface area contributed by atoms with E-state index >= 15 is 0 Å². The van der Waals surface area contributed by atoms with Crippen molar-refractivity contribution in [2.45, 2.75) is 39.2 Å². The highest BCUT2D eigenvalue weighted by Crippen LogP contribution is 2.55. The van der Waals surface area contributed by atoms with Crippen LogP contribution in [-0.2, 0) is 11.3 Å². The third kappa shape index (κ3) is 4.30. The molecule has 2 bridgehead atoms. The van der Waals surface area contributed by atoms with Crippen LogP contribution in [0.4, 0.5) is 17.1 Å². The van der Waals surface area contributed by atoms with Crippen LogP contribution in [0.3, 0.4) is 0 Å². The number of hydrogen-bond donors (Lipinski definition) is 2. The number of anilines is 3. The number of Topliss-reactive ketones (excluding diaryl/α,β-unsaturated/α-hetero) is 1. The van der Waals surface area contributed by atoms with Crippen molar-refractivity contribution in [2.24, 2.45) is 0 Å². The second kappa shape index (κ2) is 9.79. The Morgan fingerprint density at radius 3 is 2.41 bits per heavy atom. The molecule has 5 heteroatoms. The molecule has 0 amide bonds. The Hall–Kier alpha value is -3.44. The van der Waals surface area contributed by atoms with Crippen molar-refractivity contribution in [3.05, 3.63) is 77.9 Å². The topological polar surface area (TPSA) is 69.6 Å². The number of para-hydroxylation sites is 1. The summed E-state index contributed by atoms with van der Waals surface area (Å²) in [5.41, 5.74) is 6.11. The van der Waals surface area contributed by atoms with Crippen molar-refractivity contribution in [2.75, 3.05) is 11.4 Å². The fraction of sp³-hybridized carbons (Fsp3) is 0.259. The van der Waals surface area contributed by atoms with Gasteiger partial charge in [0.25, 0.3) is 0 Å². The second-order valence-corrected chi connectivity index (χ2v) is 8.08. The van der Waals surface area contributed by atoms with Gasteiger partial charge in [0.05, 0.1) is 29.2 Å². The summed E-state index contributed by atoms with van der Waals surface area (Å²) in [5, 5.41) is 13.0. The minimum absolute atomic E-state index is 0.231. The molecule has 0 atom stereocenters. The highest BCUT2D eigenvalue weighted by atomic mass is 16.4. The van der Waals surface area contributed by atoms with E-state index in [9.17, 15) is 14.7 Å². The highest BCUT2D eigenvalue weighted by molar-refractivity contribution is 6.06. The number of unbranched alkanes of at least 4 members (excludes halogenated alkanes) is 2. The third-order valence-electron chi connectivity index (χ3n) is 5.87. The number of hydrogen-bond acceptors (Lipinski definition) is 4. The Labute approximate surface area is 188 Å². The molecule has 32 heavy (non-hydrogen) atoms. The van der Waals surface area contributed by atoms with Gasteiger partial charge in [0.15, 0.2) is 0 Å². The van der Waals surface area contributed by atoms with Gasteiger partial charge in [0.2, 0.25) is 0 Å². The molecule has 1 heterocycles. The number of carboxylic acids is 1. The molecule has 0 aliphatic carbocycles. The fourth-order valence-corrected chi connectivity index (χ4v) is 4.27. The minimum atomic E-state index is -0.950. The molecule has 0 spiro atoms. The molecule has 4 rings (SSSR count). The monoisotopic (exact) mass is 428 g/mol. The number of nitrogens with one attached hydrogen (secondary N) is 1. The van der Waals surface area contributed by atoms with Crippen LogP contribution < -0.4 is 10.2 Å². The zero-order valence-electron chi connectivity index (χ0n) is 18.3. The fourth-order valence-electron chi connectivity index (χ4n) is 4.27. The van der Waals surface area contributed by atoms with E-state index in [-0.39, 0.29) is 11.3 Å². The molecule has 1 aliphatic heterocycles. The molecule has 0 radical (unpaired) electrons. The molecule has 3 aromatic rings. The molecule has 2 N–H and O–H groups in total. The molecular weight excluding hydrogens is 400 g/mol. The van der Waals surface area contributed by atoms with Crippen LogP contribution in [0.2, 0.25) is 0 Å². The maximum atomic E-state index is 12.2. The maximum Gasteiger partial charge on any atom is 0.337 e. The second-order valence-electron chi connectivity index (χ2n) is 8.08. The first-order chi connectivity index (χ1) is 15.6. The van der Waals surface area contributed by atoms with Crippen LogP contribution in [0.5, 0.6) is 0 Å². The van der Waals surface area contributed by atoms with Crippen molar-refractivity contribution in [3.8, 4) is 11.1 Å². The smallest absolute Gasteiger partial charge is 0.337 e. The number of fused-ring (bicyclic) bond motifs is 2. The summed E-state index contributed by atoms with van der Waals surface area (Å²) in [5.74, 6) is -0.719. The molecule has 0 aromatic heterocycles. The number of aromatic carboxylic acids is 1. The quantitative estimate of drug-likeness (QED) is 0.284. The predicted molar refractivity (Wildman–Crippen MR) is 128 cm³/mol. The zero-order valence-corrected chi connectivity index (χ0v) is 18.3. The lowest BCUT2D eigenvalue weighted by atomic mass is 9.89. The summed E-state index contributed by atoms with van der Waals surface area (Å²) in [6, 6.07) is 21.3. The first-order valence-electron chi connectivity index (χ1n) is 11.2. The average Bonchev–Trinajstić information content (AvgIpc) is 2.82. The lowest BCUT2D eigenvalue weighted by Crippen LogP contribution is -2.30. The Morgan fingerprint density at radius 1 is 0.906 bits per heavy atom. The van der Waals surface area contributed by atoms with Crippen LogP contribution in [0, 0.1) is 0 Å². The Bertz CT molecular complexity index is 1130. The number of rotatable bonds is 11. The van der Waals surface area contributed by atoms with Crippen LogP contribution in [0.25, 0.3) is 11.1 Å². The van der Waals surface area contributed by atoms with E-state index in [4.69, 9.17) is 0 Å². The Morgan fingerprint density at radius 2 is 1.66 bits per heavy atom. The van der Waals surface area contributed by atoms with Gasteiger partial charge in [-0.25, -0.2) is 4.79 Å². The maximum absolute atomic E-state index is 12.2. The van der Waals surface area contributed by atoms with Gasteiger partial charge in [-0.05, 0) is 30.2 Å². The van der Waals surface area contributed by atoms with Gasteiger partial charge >= 0.3 is 5.97 Å². The van der Waals surface area contributed by atoms with Gasteiger partial charge in [-0.2, -0.15) is 0 Å². The molecule has 1 aliphatic rings. The number of ketones is 1. The summed E-state index contributed by atoms with van der Waals surface area (Å²) in [4.78, 5) is 26.0. The Kier molecular flexibility index (Phi) is 6.66. The van der Waals surface area contributed by atoms with Crippen molar-refractivity contribution in [3.63, 3.8) is 0 Å². The first kappa shape index (κ1) is 21.8. The van der Waals surface area contributed by atoms with Crippen molar-refractivity contribution < 1.29 is 14.7 Å². The van der Waals surface area contributed by atoms with Crippen molar-refractivity contribution >= 4 is 28.8 Å². The van der Waals surface area contributed by atoms with Gasteiger partial charge in [0, 0.05) is 24.1 Å². The molecule has 5 nitrogen and oxygen atoms in total. The number of benzene rings is 3. The Balaban J connectivity index is 1.62. The molecule has 164 valence electrons. The van der Waals surface area contributed by atoms with Crippen molar-refractivity contribution in [1.29, 1.82) is 0 Å². The minimum Gasteiger partial charge on any atom is -0.478 e. The SMILES string of the molecule is CCCCCC(=O)CNCc1c2ccc(-c3ccccc3)c1N2c1ccccc1C(=O)O. The van der Waals surface area contributed by atoms with E-state index in [2.05, 4.69) is 30.4 Å².